The molecule has 0 radical (unpaired) electrons. The highest BCUT2D eigenvalue weighted by atomic mass is 32.2. The van der Waals surface area contributed by atoms with Gasteiger partial charge in [-0.25, -0.2) is 0 Å². The van der Waals surface area contributed by atoms with Gasteiger partial charge in [0.1, 0.15) is 22.9 Å². The monoisotopic (exact) mass is 499 g/mol. The minimum Gasteiger partial charge on any atom is -0.496 e. The number of rotatable bonds is 9. The van der Waals surface area contributed by atoms with Gasteiger partial charge in [0.25, 0.3) is 0 Å². The summed E-state index contributed by atoms with van der Waals surface area (Å²) in [5.41, 5.74) is 5.39. The summed E-state index contributed by atoms with van der Waals surface area (Å²) in [5.74, 6) is 3.49. The lowest BCUT2D eigenvalue weighted by Gasteiger charge is -2.18. The summed E-state index contributed by atoms with van der Waals surface area (Å²) in [6.45, 7) is 3.36. The SMILES string of the molecule is COc1cc2c(-c3ccccc3)c(C)oc2cc1CN(C)Cc1nnc(SCc2ccncc2)n1C. The van der Waals surface area contributed by atoms with E-state index in [2.05, 4.69) is 56.0 Å². The van der Waals surface area contributed by atoms with Gasteiger partial charge in [-0.1, -0.05) is 42.1 Å². The fraction of sp³-hybridized carbons (Fsp3) is 0.250. The molecular formula is C28H29N5O2S. The minimum absolute atomic E-state index is 0.660. The summed E-state index contributed by atoms with van der Waals surface area (Å²) in [4.78, 5) is 6.28. The third kappa shape index (κ3) is 5.01. The van der Waals surface area contributed by atoms with Crippen molar-refractivity contribution >= 4 is 22.7 Å². The van der Waals surface area contributed by atoms with Crippen LogP contribution >= 0.6 is 11.8 Å². The maximum absolute atomic E-state index is 6.17. The second kappa shape index (κ2) is 10.6. The van der Waals surface area contributed by atoms with Crippen molar-refractivity contribution < 1.29 is 9.15 Å². The molecule has 0 bridgehead atoms. The number of thioether (sulfide) groups is 1. The standard InChI is InChI=1S/C28H29N5O2S/c1-19-27(21-8-6-5-7-9-21)23-15-24(34-4)22(14-25(23)35-19)16-32(2)17-26-30-31-28(33(26)3)36-18-20-10-12-29-13-11-20/h5-15H,16-18H2,1-4H3. The van der Waals surface area contributed by atoms with Crippen molar-refractivity contribution in [3.63, 3.8) is 0 Å². The molecule has 36 heavy (non-hydrogen) atoms. The van der Waals surface area contributed by atoms with Crippen molar-refractivity contribution in [3.8, 4) is 16.9 Å². The van der Waals surface area contributed by atoms with Gasteiger partial charge in [-0.15, -0.1) is 10.2 Å². The van der Waals surface area contributed by atoms with E-state index >= 15 is 0 Å². The molecule has 7 nitrogen and oxygen atoms in total. The van der Waals surface area contributed by atoms with Gasteiger partial charge in [-0.3, -0.25) is 9.88 Å². The van der Waals surface area contributed by atoms with Crippen LogP contribution in [0.2, 0.25) is 0 Å². The topological polar surface area (TPSA) is 69.2 Å². The van der Waals surface area contributed by atoms with Crippen molar-refractivity contribution in [1.82, 2.24) is 24.6 Å². The molecular weight excluding hydrogens is 470 g/mol. The van der Waals surface area contributed by atoms with E-state index in [-0.39, 0.29) is 0 Å². The van der Waals surface area contributed by atoms with E-state index in [9.17, 15) is 0 Å². The number of ether oxygens (including phenoxy) is 1. The maximum atomic E-state index is 6.17. The molecule has 2 aromatic carbocycles. The molecule has 3 heterocycles. The smallest absolute Gasteiger partial charge is 0.191 e. The van der Waals surface area contributed by atoms with Gasteiger partial charge in [0.15, 0.2) is 5.16 Å². The fourth-order valence-corrected chi connectivity index (χ4v) is 5.27. The highest BCUT2D eigenvalue weighted by molar-refractivity contribution is 7.98. The van der Waals surface area contributed by atoms with Crippen LogP contribution in [0.15, 0.2) is 76.6 Å². The molecule has 0 amide bonds. The predicted octanol–water partition coefficient (Wildman–Crippen LogP) is 5.86. The zero-order chi connectivity index (χ0) is 25.1. The Labute approximate surface area is 215 Å². The van der Waals surface area contributed by atoms with Crippen LogP contribution < -0.4 is 4.74 Å². The Balaban J connectivity index is 1.32. The van der Waals surface area contributed by atoms with Gasteiger partial charge in [-0.2, -0.15) is 0 Å². The molecule has 8 heteroatoms. The van der Waals surface area contributed by atoms with E-state index in [1.807, 2.05) is 56.7 Å². The molecule has 0 N–H and O–H groups in total. The van der Waals surface area contributed by atoms with E-state index < -0.39 is 0 Å². The molecule has 0 aliphatic carbocycles. The first kappa shape index (κ1) is 24.1. The van der Waals surface area contributed by atoms with Crippen molar-refractivity contribution in [2.45, 2.75) is 30.9 Å². The van der Waals surface area contributed by atoms with Crippen LogP contribution in [0.3, 0.4) is 0 Å². The average Bonchev–Trinajstić information content (AvgIpc) is 3.40. The summed E-state index contributed by atoms with van der Waals surface area (Å²) >= 11 is 1.67. The van der Waals surface area contributed by atoms with Crippen LogP contribution in [-0.2, 0) is 25.9 Å². The van der Waals surface area contributed by atoms with E-state index in [0.717, 1.165) is 55.9 Å². The summed E-state index contributed by atoms with van der Waals surface area (Å²) in [5, 5.41) is 10.8. The van der Waals surface area contributed by atoms with Crippen LogP contribution in [0.5, 0.6) is 5.75 Å². The Morgan fingerprint density at radius 2 is 1.81 bits per heavy atom. The number of fused-ring (bicyclic) bond motifs is 1. The van der Waals surface area contributed by atoms with E-state index in [1.54, 1.807) is 18.9 Å². The fourth-order valence-electron chi connectivity index (χ4n) is 4.39. The lowest BCUT2D eigenvalue weighted by molar-refractivity contribution is 0.298. The van der Waals surface area contributed by atoms with Crippen LogP contribution in [0.25, 0.3) is 22.1 Å². The highest BCUT2D eigenvalue weighted by Gasteiger charge is 2.18. The van der Waals surface area contributed by atoms with Crippen molar-refractivity contribution in [2.75, 3.05) is 14.2 Å². The Morgan fingerprint density at radius 1 is 1.03 bits per heavy atom. The molecule has 0 atom stereocenters. The van der Waals surface area contributed by atoms with E-state index in [4.69, 9.17) is 9.15 Å². The van der Waals surface area contributed by atoms with Crippen LogP contribution in [0, 0.1) is 6.92 Å². The number of hydrogen-bond donors (Lipinski definition) is 0. The molecule has 0 fully saturated rings. The number of nitrogens with zero attached hydrogens (tertiary/aromatic N) is 5. The van der Waals surface area contributed by atoms with Gasteiger partial charge in [-0.05, 0) is 49.4 Å². The number of hydrogen-bond acceptors (Lipinski definition) is 7. The van der Waals surface area contributed by atoms with Gasteiger partial charge < -0.3 is 13.7 Å². The Morgan fingerprint density at radius 3 is 2.56 bits per heavy atom. The number of benzene rings is 2. The number of pyridine rings is 1. The Hall–Kier alpha value is -3.62. The molecule has 0 saturated carbocycles. The molecule has 5 aromatic rings. The van der Waals surface area contributed by atoms with Gasteiger partial charge in [0.05, 0.1) is 13.7 Å². The predicted molar refractivity (Wildman–Crippen MR) is 143 cm³/mol. The van der Waals surface area contributed by atoms with Crippen molar-refractivity contribution in [3.05, 3.63) is 89.7 Å². The summed E-state index contributed by atoms with van der Waals surface area (Å²) < 4.78 is 14.0. The van der Waals surface area contributed by atoms with Crippen LogP contribution in [0.4, 0.5) is 0 Å². The van der Waals surface area contributed by atoms with Gasteiger partial charge >= 0.3 is 0 Å². The Bertz CT molecular complexity index is 1460. The molecule has 0 saturated heterocycles. The van der Waals surface area contributed by atoms with Crippen LogP contribution in [0.1, 0.15) is 22.7 Å². The zero-order valence-electron chi connectivity index (χ0n) is 20.9. The zero-order valence-corrected chi connectivity index (χ0v) is 21.7. The normalized spacial score (nSPS) is 11.5. The lowest BCUT2D eigenvalue weighted by Crippen LogP contribution is -2.20. The minimum atomic E-state index is 0.660. The summed E-state index contributed by atoms with van der Waals surface area (Å²) in [7, 11) is 5.81. The second-order valence-corrected chi connectivity index (χ2v) is 9.78. The molecule has 0 aliphatic heterocycles. The molecule has 3 aromatic heterocycles. The quantitative estimate of drug-likeness (QED) is 0.235. The van der Waals surface area contributed by atoms with E-state index in [0.29, 0.717) is 13.1 Å². The highest BCUT2D eigenvalue weighted by Crippen LogP contribution is 2.38. The van der Waals surface area contributed by atoms with Crippen molar-refractivity contribution in [1.29, 1.82) is 0 Å². The molecule has 5 rings (SSSR count). The van der Waals surface area contributed by atoms with Gasteiger partial charge in [0, 0.05) is 48.3 Å². The van der Waals surface area contributed by atoms with Gasteiger partial charge in [0.2, 0.25) is 0 Å². The number of methoxy groups -OCH3 is 1. The first-order valence-corrected chi connectivity index (χ1v) is 12.8. The maximum Gasteiger partial charge on any atom is 0.191 e. The van der Waals surface area contributed by atoms with E-state index in [1.165, 1.54) is 5.56 Å². The molecule has 0 spiro atoms. The van der Waals surface area contributed by atoms with Crippen molar-refractivity contribution in [2.24, 2.45) is 7.05 Å². The third-order valence-electron chi connectivity index (χ3n) is 6.22. The number of aryl methyl sites for hydroxylation is 1. The molecule has 0 unspecified atom stereocenters. The summed E-state index contributed by atoms with van der Waals surface area (Å²) in [6.07, 6.45) is 3.62. The third-order valence-corrected chi connectivity index (χ3v) is 7.31. The lowest BCUT2D eigenvalue weighted by atomic mass is 10.0. The first-order valence-electron chi connectivity index (χ1n) is 11.8. The number of aromatic nitrogens is 4. The largest absolute Gasteiger partial charge is 0.496 e. The average molecular weight is 500 g/mol. The molecule has 0 aliphatic rings. The van der Waals surface area contributed by atoms with Crippen LogP contribution in [-0.4, -0.2) is 38.8 Å². The summed E-state index contributed by atoms with van der Waals surface area (Å²) in [6, 6.07) is 18.6. The first-order chi connectivity index (χ1) is 17.5. The Kier molecular flexibility index (Phi) is 7.06. The number of furan rings is 1. The molecule has 184 valence electrons. The second-order valence-electron chi connectivity index (χ2n) is 8.83.